The Morgan fingerprint density at radius 3 is 2.42 bits per heavy atom. The van der Waals surface area contributed by atoms with E-state index in [0.717, 1.165) is 16.7 Å². The van der Waals surface area contributed by atoms with E-state index >= 15 is 0 Å². The van der Waals surface area contributed by atoms with Gasteiger partial charge in [-0.15, -0.1) is 0 Å². The molecule has 3 rings (SSSR count). The molecule has 1 heterocycles. The molecule has 0 spiro atoms. The van der Waals surface area contributed by atoms with Crippen molar-refractivity contribution in [2.24, 2.45) is 0 Å². The third-order valence-corrected chi connectivity index (χ3v) is 5.47. The first-order valence-electron chi connectivity index (χ1n) is 9.99. The number of benzene rings is 2. The number of carboxylic acid groups (broad SMARTS) is 1. The van der Waals surface area contributed by atoms with E-state index in [1.807, 2.05) is 43.5 Å². The summed E-state index contributed by atoms with van der Waals surface area (Å²) in [4.78, 5) is 32.6. The Morgan fingerprint density at radius 1 is 1.06 bits per heavy atom. The molecule has 162 valence electrons. The van der Waals surface area contributed by atoms with E-state index in [-0.39, 0.29) is 18.9 Å². The van der Waals surface area contributed by atoms with E-state index in [2.05, 4.69) is 27.1 Å². The first-order chi connectivity index (χ1) is 15.5. The number of carboxylic acids is 1. The fourth-order valence-electron chi connectivity index (χ4n) is 3.16. The second-order valence-electron chi connectivity index (χ2n) is 7.10. The molecule has 1 unspecified atom stereocenters. The van der Waals surface area contributed by atoms with Gasteiger partial charge in [0.25, 0.3) is 5.91 Å². The van der Waals surface area contributed by atoms with Crippen LogP contribution in [0.5, 0.6) is 0 Å². The van der Waals surface area contributed by atoms with Crippen LogP contribution >= 0.6 is 11.8 Å². The quantitative estimate of drug-likeness (QED) is 0.407. The van der Waals surface area contributed by atoms with Crippen molar-refractivity contribution >= 4 is 23.6 Å². The molecule has 6 nitrogen and oxygen atoms in total. The van der Waals surface area contributed by atoms with Gasteiger partial charge in [-0.25, -0.2) is 14.8 Å². The minimum Gasteiger partial charge on any atom is -0.480 e. The third kappa shape index (κ3) is 7.23. The number of nitrogens with zero attached hydrogens (tertiary/aromatic N) is 2. The Labute approximate surface area is 209 Å². The molecule has 33 heavy (non-hydrogen) atoms. The Bertz CT molecular complexity index is 1180. The molecule has 0 saturated heterocycles. The van der Waals surface area contributed by atoms with Crippen LogP contribution in [-0.2, 0) is 4.79 Å². The molecule has 8 heteroatoms. The molecule has 0 saturated carbocycles. The number of carbonyl (C=O) groups is 2. The van der Waals surface area contributed by atoms with Crippen LogP contribution in [0.2, 0.25) is 0 Å². The standard InChI is InChI=1S/C25H23N3O3S.Li/c1-17-5-3-4-6-20(17)22-13-18(7-8-19-14-26-16-27-15-19)9-10-21(22)24(29)28-23(25(30)31)11-12-32-2;/h3-6,9-10,13-16,23H,11-12H2,1-2H3,(H,28,29)(H,30,31);/q;+1. The van der Waals surface area contributed by atoms with Crippen LogP contribution in [-0.4, -0.2) is 45.0 Å². The zero-order valence-corrected chi connectivity index (χ0v) is 19.6. The molecule has 3 aromatic rings. The summed E-state index contributed by atoms with van der Waals surface area (Å²) in [6.07, 6.45) is 6.96. The number of rotatable bonds is 7. The summed E-state index contributed by atoms with van der Waals surface area (Å²) >= 11 is 1.54. The number of nitrogens with one attached hydrogen (secondary N) is 1. The Morgan fingerprint density at radius 2 is 1.76 bits per heavy atom. The predicted molar refractivity (Wildman–Crippen MR) is 127 cm³/mol. The van der Waals surface area contributed by atoms with Gasteiger partial charge < -0.3 is 10.4 Å². The van der Waals surface area contributed by atoms with Crippen molar-refractivity contribution in [1.29, 1.82) is 0 Å². The summed E-state index contributed by atoms with van der Waals surface area (Å²) in [5, 5.41) is 12.2. The monoisotopic (exact) mass is 452 g/mol. The van der Waals surface area contributed by atoms with E-state index in [1.54, 1.807) is 24.5 Å². The van der Waals surface area contributed by atoms with Gasteiger partial charge in [-0.05, 0) is 60.2 Å². The van der Waals surface area contributed by atoms with Crippen molar-refractivity contribution < 1.29 is 33.6 Å². The number of aliphatic carboxylic acids is 1. The number of hydrogen-bond acceptors (Lipinski definition) is 5. The van der Waals surface area contributed by atoms with Crippen molar-refractivity contribution in [3.63, 3.8) is 0 Å². The average molecular weight is 452 g/mol. The third-order valence-electron chi connectivity index (χ3n) is 4.83. The summed E-state index contributed by atoms with van der Waals surface area (Å²) in [6.45, 7) is 1.97. The second-order valence-corrected chi connectivity index (χ2v) is 8.08. The molecule has 0 aliphatic rings. The Balaban J connectivity index is 0.00000385. The largest absolute Gasteiger partial charge is 1.00 e. The van der Waals surface area contributed by atoms with Gasteiger partial charge >= 0.3 is 24.8 Å². The molecule has 2 N–H and O–H groups in total. The number of hydrogen-bond donors (Lipinski definition) is 2. The smallest absolute Gasteiger partial charge is 0.480 e. The van der Waals surface area contributed by atoms with E-state index < -0.39 is 17.9 Å². The summed E-state index contributed by atoms with van der Waals surface area (Å²) < 4.78 is 0. The normalized spacial score (nSPS) is 10.8. The average Bonchev–Trinajstić information content (AvgIpc) is 2.81. The minimum absolute atomic E-state index is 0. The number of aryl methyl sites for hydroxylation is 1. The van der Waals surface area contributed by atoms with E-state index in [0.29, 0.717) is 28.9 Å². The fraction of sp³-hybridized carbons (Fsp3) is 0.200. The van der Waals surface area contributed by atoms with Gasteiger partial charge in [0.2, 0.25) is 0 Å². The molecule has 0 aliphatic heterocycles. The molecule has 0 bridgehead atoms. The summed E-state index contributed by atoms with van der Waals surface area (Å²) in [5.74, 6) is 5.27. The van der Waals surface area contributed by atoms with Gasteiger partial charge in [-0.2, -0.15) is 11.8 Å². The van der Waals surface area contributed by atoms with Crippen molar-refractivity contribution in [1.82, 2.24) is 15.3 Å². The van der Waals surface area contributed by atoms with Gasteiger partial charge in [0, 0.05) is 23.5 Å². The zero-order valence-electron chi connectivity index (χ0n) is 18.8. The maximum atomic E-state index is 13.1. The van der Waals surface area contributed by atoms with Crippen molar-refractivity contribution in [3.8, 4) is 23.0 Å². The minimum atomic E-state index is -1.04. The van der Waals surface area contributed by atoms with Gasteiger partial charge in [-0.3, -0.25) is 4.79 Å². The van der Waals surface area contributed by atoms with Crippen LogP contribution in [0, 0.1) is 18.8 Å². The van der Waals surface area contributed by atoms with Crippen LogP contribution in [0.15, 0.2) is 61.2 Å². The molecule has 0 fully saturated rings. The van der Waals surface area contributed by atoms with Gasteiger partial charge in [0.1, 0.15) is 12.4 Å². The molecule has 2 aromatic carbocycles. The van der Waals surface area contributed by atoms with E-state index in [4.69, 9.17) is 0 Å². The molecular weight excluding hydrogens is 429 g/mol. The molecule has 1 aromatic heterocycles. The Kier molecular flexibility index (Phi) is 10.2. The Hall–Kier alpha value is -3.03. The maximum absolute atomic E-state index is 13.1. The van der Waals surface area contributed by atoms with Gasteiger partial charge in [0.15, 0.2) is 0 Å². The number of thioether (sulfide) groups is 1. The second kappa shape index (κ2) is 12.9. The molecule has 0 aliphatic carbocycles. The molecular formula is C25H23LiN3O3S+. The van der Waals surface area contributed by atoms with Crippen LogP contribution in [0.25, 0.3) is 11.1 Å². The van der Waals surface area contributed by atoms with Gasteiger partial charge in [0.05, 0.1) is 5.56 Å². The zero-order chi connectivity index (χ0) is 22.9. The fourth-order valence-corrected chi connectivity index (χ4v) is 3.63. The summed E-state index contributed by atoms with van der Waals surface area (Å²) in [7, 11) is 0. The predicted octanol–water partition coefficient (Wildman–Crippen LogP) is 0.792. The van der Waals surface area contributed by atoms with Crippen LogP contribution in [0.1, 0.15) is 33.5 Å². The first-order valence-corrected chi connectivity index (χ1v) is 11.4. The number of amides is 1. The van der Waals surface area contributed by atoms with Crippen LogP contribution in [0.3, 0.4) is 0 Å². The SMILES string of the molecule is CSCCC(NC(=O)c1ccc(C#Cc2cncnc2)cc1-c1ccccc1C)C(=O)O.[Li+]. The summed E-state index contributed by atoms with van der Waals surface area (Å²) in [5.41, 5.74) is 4.40. The first kappa shape index (κ1) is 26.2. The molecule has 1 atom stereocenters. The van der Waals surface area contributed by atoms with Crippen molar-refractivity contribution in [3.05, 3.63) is 83.4 Å². The van der Waals surface area contributed by atoms with Crippen molar-refractivity contribution in [2.75, 3.05) is 12.0 Å². The summed E-state index contributed by atoms with van der Waals surface area (Å²) in [6, 6.07) is 12.1. The number of carbonyl (C=O) groups excluding carboxylic acids is 1. The van der Waals surface area contributed by atoms with E-state index in [9.17, 15) is 14.7 Å². The van der Waals surface area contributed by atoms with Crippen molar-refractivity contribution in [2.45, 2.75) is 19.4 Å². The topological polar surface area (TPSA) is 92.2 Å². The van der Waals surface area contributed by atoms with Gasteiger partial charge in [-0.1, -0.05) is 36.1 Å². The van der Waals surface area contributed by atoms with Crippen LogP contribution in [0.4, 0.5) is 0 Å². The number of aromatic nitrogens is 2. The maximum Gasteiger partial charge on any atom is 1.00 e. The van der Waals surface area contributed by atoms with E-state index in [1.165, 1.54) is 18.1 Å². The molecule has 1 amide bonds. The molecule has 0 radical (unpaired) electrons. The van der Waals surface area contributed by atoms with Crippen LogP contribution < -0.4 is 24.2 Å².